The van der Waals surface area contributed by atoms with Gasteiger partial charge in [0.2, 0.25) is 0 Å². The zero-order valence-electron chi connectivity index (χ0n) is 9.03. The third-order valence-corrected chi connectivity index (χ3v) is 3.48. The number of rotatable bonds is 1. The van der Waals surface area contributed by atoms with Crippen LogP contribution in [0.25, 0.3) is 0 Å². The molecule has 1 aliphatic carbocycles. The largest absolute Gasteiger partial charge is 0.384 e. The van der Waals surface area contributed by atoms with E-state index >= 15 is 0 Å². The highest BCUT2D eigenvalue weighted by Gasteiger charge is 2.26. The lowest BCUT2D eigenvalue weighted by molar-refractivity contribution is 0.327. The molecule has 1 fully saturated rings. The van der Waals surface area contributed by atoms with Gasteiger partial charge in [-0.1, -0.05) is 26.2 Å². The first kappa shape index (κ1) is 9.56. The molecule has 0 aromatic carbocycles. The van der Waals surface area contributed by atoms with E-state index in [4.69, 9.17) is 5.73 Å². The maximum absolute atomic E-state index is 6.00. The minimum Gasteiger partial charge on any atom is -0.384 e. The average Bonchev–Trinajstić information content (AvgIpc) is 2.49. The van der Waals surface area contributed by atoms with Gasteiger partial charge in [0.1, 0.15) is 5.82 Å². The Morgan fingerprint density at radius 1 is 1.43 bits per heavy atom. The first-order valence-electron chi connectivity index (χ1n) is 5.47. The summed E-state index contributed by atoms with van der Waals surface area (Å²) in [6.45, 7) is 2.32. The van der Waals surface area contributed by atoms with Crippen LogP contribution in [0.5, 0.6) is 0 Å². The van der Waals surface area contributed by atoms with Gasteiger partial charge < -0.3 is 10.3 Å². The van der Waals surface area contributed by atoms with Crippen LogP contribution in [0.3, 0.4) is 0 Å². The van der Waals surface area contributed by atoms with Gasteiger partial charge in [-0.05, 0) is 12.3 Å². The van der Waals surface area contributed by atoms with Gasteiger partial charge in [0.05, 0.1) is 12.0 Å². The van der Waals surface area contributed by atoms with Crippen molar-refractivity contribution in [3.8, 4) is 0 Å². The quantitative estimate of drug-likeness (QED) is 0.743. The summed E-state index contributed by atoms with van der Waals surface area (Å²) in [5.41, 5.74) is 7.12. The van der Waals surface area contributed by atoms with E-state index in [2.05, 4.69) is 11.9 Å². The van der Waals surface area contributed by atoms with E-state index in [1.807, 2.05) is 17.9 Å². The first-order valence-corrected chi connectivity index (χ1v) is 5.47. The lowest BCUT2D eigenvalue weighted by atomic mass is 9.78. The van der Waals surface area contributed by atoms with Crippen LogP contribution in [-0.2, 0) is 7.05 Å². The van der Waals surface area contributed by atoms with Gasteiger partial charge in [-0.25, -0.2) is 4.98 Å². The zero-order chi connectivity index (χ0) is 10.1. The third-order valence-electron chi connectivity index (χ3n) is 3.48. The van der Waals surface area contributed by atoms with E-state index in [1.54, 1.807) is 0 Å². The predicted molar refractivity (Wildman–Crippen MR) is 58.0 cm³/mol. The van der Waals surface area contributed by atoms with Crippen molar-refractivity contribution < 1.29 is 0 Å². The number of hydrogen-bond donors (Lipinski definition) is 1. The van der Waals surface area contributed by atoms with E-state index < -0.39 is 0 Å². The molecule has 0 amide bonds. The molecule has 2 N–H and O–H groups in total. The van der Waals surface area contributed by atoms with Crippen molar-refractivity contribution in [3.63, 3.8) is 0 Å². The lowest BCUT2D eigenvalue weighted by Crippen LogP contribution is -2.16. The fourth-order valence-electron chi connectivity index (χ4n) is 2.47. The molecule has 3 heteroatoms. The summed E-state index contributed by atoms with van der Waals surface area (Å²) in [7, 11) is 1.96. The smallest absolute Gasteiger partial charge is 0.126 e. The van der Waals surface area contributed by atoms with E-state index in [0.717, 1.165) is 17.4 Å². The minimum absolute atomic E-state index is 0.588. The highest BCUT2D eigenvalue weighted by atomic mass is 15.1. The van der Waals surface area contributed by atoms with E-state index in [1.165, 1.54) is 25.7 Å². The van der Waals surface area contributed by atoms with Crippen LogP contribution < -0.4 is 5.73 Å². The molecule has 2 atom stereocenters. The molecule has 1 heterocycles. The summed E-state index contributed by atoms with van der Waals surface area (Å²) in [5.74, 6) is 2.18. The highest BCUT2D eigenvalue weighted by Crippen LogP contribution is 2.38. The fraction of sp³-hybridized carbons (Fsp3) is 0.727. The molecule has 2 rings (SSSR count). The number of anilines is 1. The van der Waals surface area contributed by atoms with Crippen LogP contribution in [0.2, 0.25) is 0 Å². The van der Waals surface area contributed by atoms with E-state index in [0.29, 0.717) is 5.92 Å². The Bertz CT molecular complexity index is 316. The molecule has 1 aromatic rings. The molecule has 0 aliphatic heterocycles. The molecule has 0 saturated heterocycles. The summed E-state index contributed by atoms with van der Waals surface area (Å²) in [5, 5.41) is 0. The molecule has 14 heavy (non-hydrogen) atoms. The Kier molecular flexibility index (Phi) is 2.48. The molecule has 3 nitrogen and oxygen atoms in total. The normalized spacial score (nSPS) is 27.9. The SMILES string of the molecule is CC1CCCCC1c1ncn(C)c1N. The highest BCUT2D eigenvalue weighted by molar-refractivity contribution is 5.38. The number of imidazole rings is 1. The third kappa shape index (κ3) is 1.51. The second kappa shape index (κ2) is 3.64. The van der Waals surface area contributed by atoms with Gasteiger partial charge >= 0.3 is 0 Å². The topological polar surface area (TPSA) is 43.8 Å². The Morgan fingerprint density at radius 3 is 2.71 bits per heavy atom. The Hall–Kier alpha value is -0.990. The van der Waals surface area contributed by atoms with Crippen molar-refractivity contribution in [2.24, 2.45) is 13.0 Å². The number of hydrogen-bond acceptors (Lipinski definition) is 2. The standard InChI is InChI=1S/C11H19N3/c1-8-5-3-4-6-9(8)10-11(12)14(2)7-13-10/h7-9H,3-6,12H2,1-2H3. The van der Waals surface area contributed by atoms with Gasteiger partial charge in [-0.3, -0.25) is 0 Å². The van der Waals surface area contributed by atoms with Crippen molar-refractivity contribution in [2.45, 2.75) is 38.5 Å². The fourth-order valence-corrected chi connectivity index (χ4v) is 2.47. The molecule has 0 radical (unpaired) electrons. The summed E-state index contributed by atoms with van der Waals surface area (Å²) < 4.78 is 1.91. The predicted octanol–water partition coefficient (Wildman–Crippen LogP) is 2.30. The number of nitrogens with zero attached hydrogens (tertiary/aromatic N) is 2. The Morgan fingerprint density at radius 2 is 2.14 bits per heavy atom. The molecule has 2 unspecified atom stereocenters. The maximum Gasteiger partial charge on any atom is 0.126 e. The number of aromatic nitrogens is 2. The molecule has 1 saturated carbocycles. The van der Waals surface area contributed by atoms with Crippen LogP contribution in [-0.4, -0.2) is 9.55 Å². The van der Waals surface area contributed by atoms with Gasteiger partial charge in [-0.15, -0.1) is 0 Å². The molecule has 1 aromatic heterocycles. The van der Waals surface area contributed by atoms with Crippen molar-refractivity contribution in [3.05, 3.63) is 12.0 Å². The molecule has 78 valence electrons. The van der Waals surface area contributed by atoms with Crippen LogP contribution in [0, 0.1) is 5.92 Å². The monoisotopic (exact) mass is 193 g/mol. The van der Waals surface area contributed by atoms with Gasteiger partial charge in [0.25, 0.3) is 0 Å². The summed E-state index contributed by atoms with van der Waals surface area (Å²) in [6, 6.07) is 0. The van der Waals surface area contributed by atoms with E-state index in [-0.39, 0.29) is 0 Å². The molecule has 1 aliphatic rings. The Balaban J connectivity index is 2.24. The van der Waals surface area contributed by atoms with Crippen molar-refractivity contribution in [1.29, 1.82) is 0 Å². The van der Waals surface area contributed by atoms with Crippen LogP contribution in [0.15, 0.2) is 6.33 Å². The summed E-state index contributed by atoms with van der Waals surface area (Å²) in [4.78, 5) is 4.43. The molecular weight excluding hydrogens is 174 g/mol. The lowest BCUT2D eigenvalue weighted by Gasteiger charge is -2.27. The summed E-state index contributed by atoms with van der Waals surface area (Å²) >= 11 is 0. The second-order valence-electron chi connectivity index (χ2n) is 4.49. The molecular formula is C11H19N3. The van der Waals surface area contributed by atoms with Crippen molar-refractivity contribution in [2.75, 3.05) is 5.73 Å². The number of nitrogen functional groups attached to an aromatic ring is 1. The zero-order valence-corrected chi connectivity index (χ0v) is 9.03. The van der Waals surface area contributed by atoms with Crippen molar-refractivity contribution in [1.82, 2.24) is 9.55 Å². The number of aryl methyl sites for hydroxylation is 1. The van der Waals surface area contributed by atoms with Gasteiger partial charge in [0.15, 0.2) is 0 Å². The van der Waals surface area contributed by atoms with E-state index in [9.17, 15) is 0 Å². The first-order chi connectivity index (χ1) is 6.70. The van der Waals surface area contributed by atoms with Crippen LogP contribution >= 0.6 is 0 Å². The minimum atomic E-state index is 0.588. The Labute approximate surface area is 85.3 Å². The molecule has 0 bridgehead atoms. The van der Waals surface area contributed by atoms with Crippen molar-refractivity contribution >= 4 is 5.82 Å². The van der Waals surface area contributed by atoms with Gasteiger partial charge in [0, 0.05) is 13.0 Å². The summed E-state index contributed by atoms with van der Waals surface area (Å²) in [6.07, 6.45) is 7.09. The second-order valence-corrected chi connectivity index (χ2v) is 4.49. The van der Waals surface area contributed by atoms with Gasteiger partial charge in [-0.2, -0.15) is 0 Å². The average molecular weight is 193 g/mol. The maximum atomic E-state index is 6.00. The number of nitrogens with two attached hydrogens (primary N) is 1. The van der Waals surface area contributed by atoms with Crippen LogP contribution in [0.4, 0.5) is 5.82 Å². The molecule has 0 spiro atoms. The van der Waals surface area contributed by atoms with Crippen LogP contribution in [0.1, 0.15) is 44.2 Å².